The lowest BCUT2D eigenvalue weighted by atomic mass is 10.0. The quantitative estimate of drug-likeness (QED) is 0.506. The summed E-state index contributed by atoms with van der Waals surface area (Å²) in [6.07, 6.45) is -4.78. The predicted molar refractivity (Wildman–Crippen MR) is 124 cm³/mol. The first-order valence-electron chi connectivity index (χ1n) is 10.5. The van der Waals surface area contributed by atoms with E-state index in [9.17, 15) is 23.1 Å². The molecule has 2 N–H and O–H groups in total. The van der Waals surface area contributed by atoms with Gasteiger partial charge in [0.25, 0.3) is 5.91 Å². The average molecular weight is 478 g/mol. The predicted octanol–water partition coefficient (Wildman–Crippen LogP) is 4.85. The van der Waals surface area contributed by atoms with Crippen molar-refractivity contribution >= 4 is 17.3 Å². The maximum Gasteiger partial charge on any atom is 0.417 e. The van der Waals surface area contributed by atoms with E-state index >= 15 is 0 Å². The smallest absolute Gasteiger partial charge is 0.378 e. The van der Waals surface area contributed by atoms with Crippen molar-refractivity contribution in [1.29, 1.82) is 10.5 Å². The number of amides is 1. The van der Waals surface area contributed by atoms with Gasteiger partial charge >= 0.3 is 6.18 Å². The minimum atomic E-state index is -4.78. The lowest BCUT2D eigenvalue weighted by Gasteiger charge is -2.32. The maximum atomic E-state index is 13.3. The lowest BCUT2D eigenvalue weighted by Crippen LogP contribution is -2.49. The summed E-state index contributed by atoms with van der Waals surface area (Å²) in [6.45, 7) is 1.39. The molecule has 0 aliphatic carbocycles. The van der Waals surface area contributed by atoms with Gasteiger partial charge in [-0.3, -0.25) is 4.79 Å². The number of carbonyl (C=O) groups is 1. The Kier molecular flexibility index (Phi) is 7.43. The summed E-state index contributed by atoms with van der Waals surface area (Å²) in [5.74, 6) is -0.915. The Morgan fingerprint density at radius 1 is 1.00 bits per heavy atom. The Hall–Kier alpha value is -4.34. The number of benzene rings is 3. The van der Waals surface area contributed by atoms with Crippen molar-refractivity contribution in [3.63, 3.8) is 0 Å². The van der Waals surface area contributed by atoms with E-state index in [0.29, 0.717) is 23.9 Å². The molecular weight excluding hydrogens is 457 g/mol. The second-order valence-corrected chi connectivity index (χ2v) is 8.10. The van der Waals surface area contributed by atoms with E-state index in [1.54, 1.807) is 29.2 Å². The van der Waals surface area contributed by atoms with E-state index in [1.165, 1.54) is 19.1 Å². The number of hydrogen-bond donors (Lipinski definition) is 2. The van der Waals surface area contributed by atoms with Crippen molar-refractivity contribution in [3.05, 3.63) is 95.1 Å². The topological polar surface area (TPSA) is 100 Å². The van der Waals surface area contributed by atoms with Gasteiger partial charge in [-0.25, -0.2) is 0 Å². The molecule has 35 heavy (non-hydrogen) atoms. The zero-order chi connectivity index (χ0) is 25.6. The van der Waals surface area contributed by atoms with Crippen molar-refractivity contribution in [3.8, 4) is 12.1 Å². The number of aliphatic hydroxyl groups is 1. The fourth-order valence-electron chi connectivity index (χ4n) is 3.45. The molecule has 0 spiro atoms. The van der Waals surface area contributed by atoms with Crippen LogP contribution in [0.15, 0.2) is 72.8 Å². The van der Waals surface area contributed by atoms with E-state index in [2.05, 4.69) is 5.32 Å². The molecule has 3 aromatic rings. The first-order chi connectivity index (χ1) is 16.5. The van der Waals surface area contributed by atoms with Gasteiger partial charge in [0.15, 0.2) is 5.60 Å². The molecule has 9 heteroatoms. The summed E-state index contributed by atoms with van der Waals surface area (Å²) in [5.41, 5.74) is -1.98. The maximum absolute atomic E-state index is 13.3. The van der Waals surface area contributed by atoms with Crippen LogP contribution in [0.4, 0.5) is 24.5 Å². The Labute approximate surface area is 200 Å². The molecular formula is C26H21F3N4O2. The molecule has 1 atom stereocenters. The SMILES string of the molecule is CC(O)(CN(Cc1ccccc1)c1ccc(C#N)cc1)C(=O)Nc1ccc(C#N)c(C(F)(F)F)c1. The Morgan fingerprint density at radius 3 is 2.23 bits per heavy atom. The van der Waals surface area contributed by atoms with E-state index in [0.717, 1.165) is 11.6 Å². The van der Waals surface area contributed by atoms with Gasteiger partial charge in [-0.15, -0.1) is 0 Å². The number of hydrogen-bond acceptors (Lipinski definition) is 5. The second-order valence-electron chi connectivity index (χ2n) is 8.10. The molecule has 0 saturated carbocycles. The fraction of sp³-hybridized carbons (Fsp3) is 0.192. The first kappa shape index (κ1) is 25.3. The number of halogens is 3. The van der Waals surface area contributed by atoms with E-state index in [1.807, 2.05) is 36.4 Å². The summed E-state index contributed by atoms with van der Waals surface area (Å²) >= 11 is 0. The van der Waals surface area contributed by atoms with Gasteiger partial charge in [0, 0.05) is 17.9 Å². The van der Waals surface area contributed by atoms with Crippen molar-refractivity contribution in [1.82, 2.24) is 0 Å². The third-order valence-electron chi connectivity index (χ3n) is 5.27. The van der Waals surface area contributed by atoms with Gasteiger partial charge in [-0.05, 0) is 55.0 Å². The summed E-state index contributed by atoms with van der Waals surface area (Å²) in [7, 11) is 0. The standard InChI is InChI=1S/C26H21F3N4O2/c1-25(35,24(34)32-21-10-9-20(15-31)23(13-21)26(27,28)29)17-33(16-19-5-3-2-4-6-19)22-11-7-18(14-30)8-12-22/h2-13,35H,16-17H2,1H3,(H,32,34). The highest BCUT2D eigenvalue weighted by atomic mass is 19.4. The molecule has 1 amide bonds. The van der Waals surface area contributed by atoms with Crippen LogP contribution in [0, 0.1) is 22.7 Å². The van der Waals surface area contributed by atoms with Gasteiger partial charge in [-0.2, -0.15) is 23.7 Å². The Balaban J connectivity index is 1.85. The fourth-order valence-corrected chi connectivity index (χ4v) is 3.45. The van der Waals surface area contributed by atoms with Gasteiger partial charge in [0.05, 0.1) is 35.4 Å². The molecule has 0 fully saturated rings. The van der Waals surface area contributed by atoms with Crippen molar-refractivity contribution < 1.29 is 23.1 Å². The highest BCUT2D eigenvalue weighted by molar-refractivity contribution is 5.97. The number of nitrogens with zero attached hydrogens (tertiary/aromatic N) is 3. The molecule has 1 unspecified atom stereocenters. The number of carbonyl (C=O) groups excluding carboxylic acids is 1. The van der Waals surface area contributed by atoms with E-state index in [4.69, 9.17) is 10.5 Å². The van der Waals surface area contributed by atoms with Crippen molar-refractivity contribution in [2.24, 2.45) is 0 Å². The molecule has 0 heterocycles. The van der Waals surface area contributed by atoms with Gasteiger partial charge in [0.1, 0.15) is 0 Å². The Bertz CT molecular complexity index is 1280. The summed E-state index contributed by atoms with van der Waals surface area (Å²) in [5, 5.41) is 31.3. The van der Waals surface area contributed by atoms with E-state index in [-0.39, 0.29) is 12.2 Å². The zero-order valence-electron chi connectivity index (χ0n) is 18.7. The molecule has 0 aliphatic rings. The Morgan fingerprint density at radius 2 is 1.66 bits per heavy atom. The van der Waals surface area contributed by atoms with Crippen molar-refractivity contribution in [2.45, 2.75) is 25.2 Å². The van der Waals surface area contributed by atoms with Crippen LogP contribution in [-0.4, -0.2) is 23.2 Å². The van der Waals surface area contributed by atoms with Crippen LogP contribution in [0.5, 0.6) is 0 Å². The highest BCUT2D eigenvalue weighted by Gasteiger charge is 2.36. The molecule has 0 aromatic heterocycles. The first-order valence-corrected chi connectivity index (χ1v) is 10.5. The van der Waals surface area contributed by atoms with Crippen molar-refractivity contribution in [2.75, 3.05) is 16.8 Å². The van der Waals surface area contributed by atoms with Crippen LogP contribution >= 0.6 is 0 Å². The molecule has 0 bridgehead atoms. The molecule has 6 nitrogen and oxygen atoms in total. The summed E-state index contributed by atoms with van der Waals surface area (Å²) in [6, 6.07) is 22.2. The molecule has 3 aromatic carbocycles. The highest BCUT2D eigenvalue weighted by Crippen LogP contribution is 2.33. The third kappa shape index (κ3) is 6.38. The zero-order valence-corrected chi connectivity index (χ0v) is 18.7. The lowest BCUT2D eigenvalue weighted by molar-refractivity contribution is -0.138. The molecule has 3 rings (SSSR count). The van der Waals surface area contributed by atoms with Crippen LogP contribution in [0.25, 0.3) is 0 Å². The summed E-state index contributed by atoms with van der Waals surface area (Å²) < 4.78 is 39.8. The van der Waals surface area contributed by atoms with Gasteiger partial charge in [-0.1, -0.05) is 30.3 Å². The van der Waals surface area contributed by atoms with Crippen LogP contribution in [0.1, 0.15) is 29.2 Å². The van der Waals surface area contributed by atoms with Gasteiger partial charge in [0.2, 0.25) is 0 Å². The van der Waals surface area contributed by atoms with E-state index < -0.39 is 28.8 Å². The number of rotatable bonds is 7. The third-order valence-corrected chi connectivity index (χ3v) is 5.27. The number of alkyl halides is 3. The molecule has 0 saturated heterocycles. The largest absolute Gasteiger partial charge is 0.417 e. The number of nitriles is 2. The van der Waals surface area contributed by atoms with Crippen LogP contribution < -0.4 is 10.2 Å². The monoisotopic (exact) mass is 478 g/mol. The molecule has 0 radical (unpaired) electrons. The average Bonchev–Trinajstić information content (AvgIpc) is 2.83. The van der Waals surface area contributed by atoms with Crippen LogP contribution in [0.3, 0.4) is 0 Å². The minimum Gasteiger partial charge on any atom is -0.378 e. The van der Waals surface area contributed by atoms with Crippen LogP contribution in [0.2, 0.25) is 0 Å². The molecule has 178 valence electrons. The molecule has 0 aliphatic heterocycles. The number of nitrogens with one attached hydrogen (secondary N) is 1. The van der Waals surface area contributed by atoms with Gasteiger partial charge < -0.3 is 15.3 Å². The summed E-state index contributed by atoms with van der Waals surface area (Å²) in [4.78, 5) is 14.6. The van der Waals surface area contributed by atoms with Crippen LogP contribution in [-0.2, 0) is 17.5 Å². The minimum absolute atomic E-state index is 0.192. The number of anilines is 2. The second kappa shape index (κ2) is 10.3. The normalized spacial score (nSPS) is 12.7.